The Bertz CT molecular complexity index is 856. The molecule has 0 bridgehead atoms. The number of morpholine rings is 1. The Hall–Kier alpha value is -2.77. The van der Waals surface area contributed by atoms with Crippen molar-refractivity contribution in [2.45, 2.75) is 12.6 Å². The number of carbonyl (C=O) groups excluding carboxylic acids is 2. The third-order valence-electron chi connectivity index (χ3n) is 4.41. The molecule has 7 nitrogen and oxygen atoms in total. The fourth-order valence-electron chi connectivity index (χ4n) is 2.95. The van der Waals surface area contributed by atoms with Gasteiger partial charge >= 0.3 is 0 Å². The van der Waals surface area contributed by atoms with Gasteiger partial charge in [-0.2, -0.15) is 0 Å². The van der Waals surface area contributed by atoms with Crippen molar-refractivity contribution in [2.75, 3.05) is 32.8 Å². The van der Waals surface area contributed by atoms with Crippen LogP contribution in [-0.2, 0) is 20.9 Å². The first-order valence-corrected chi connectivity index (χ1v) is 9.04. The summed E-state index contributed by atoms with van der Waals surface area (Å²) in [7, 11) is 3.10. The molecule has 28 heavy (non-hydrogen) atoms. The Kier molecular flexibility index (Phi) is 6.38. The third-order valence-corrected chi connectivity index (χ3v) is 4.67. The van der Waals surface area contributed by atoms with Gasteiger partial charge in [-0.05, 0) is 42.0 Å². The molecular formula is C20H21ClN2O5. The molecule has 2 amide bonds. The molecule has 1 saturated heterocycles. The Morgan fingerprint density at radius 1 is 1.18 bits per heavy atom. The van der Waals surface area contributed by atoms with Gasteiger partial charge in [0.15, 0.2) is 11.5 Å². The summed E-state index contributed by atoms with van der Waals surface area (Å²) in [6.45, 7) is 0.317. The lowest BCUT2D eigenvalue weighted by molar-refractivity contribution is -0.154. The largest absolute Gasteiger partial charge is 0.493 e. The van der Waals surface area contributed by atoms with E-state index in [0.29, 0.717) is 22.2 Å². The summed E-state index contributed by atoms with van der Waals surface area (Å²) in [5, 5.41) is 3.37. The second kappa shape index (κ2) is 8.95. The first kappa shape index (κ1) is 20.0. The van der Waals surface area contributed by atoms with Crippen molar-refractivity contribution in [1.29, 1.82) is 0 Å². The van der Waals surface area contributed by atoms with Crippen LogP contribution in [0.3, 0.4) is 0 Å². The average molecular weight is 405 g/mol. The highest BCUT2D eigenvalue weighted by Crippen LogP contribution is 2.28. The van der Waals surface area contributed by atoms with Gasteiger partial charge in [0.05, 0.1) is 20.8 Å². The number of ether oxygens (including phenoxy) is 3. The predicted octanol–water partition coefficient (Wildman–Crippen LogP) is 2.72. The fourth-order valence-corrected chi connectivity index (χ4v) is 3.08. The number of hydrogen-bond donors (Lipinski definition) is 1. The van der Waals surface area contributed by atoms with E-state index in [4.69, 9.17) is 25.8 Å². The molecular weight excluding hydrogens is 384 g/mol. The number of benzene rings is 2. The van der Waals surface area contributed by atoms with Gasteiger partial charge in [0, 0.05) is 17.3 Å². The first-order chi connectivity index (χ1) is 13.5. The average Bonchev–Trinajstić information content (AvgIpc) is 2.71. The number of hydrogen-bond acceptors (Lipinski definition) is 5. The molecule has 8 heteroatoms. The van der Waals surface area contributed by atoms with E-state index in [0.717, 1.165) is 5.56 Å². The van der Waals surface area contributed by atoms with E-state index >= 15 is 0 Å². The SMILES string of the molecule is COc1ccc(CN2C(=O)COC[C@H]2C(=O)Nc2ccc(Cl)cc2)cc1OC. The van der Waals surface area contributed by atoms with Crippen LogP contribution in [0.4, 0.5) is 5.69 Å². The minimum Gasteiger partial charge on any atom is -0.493 e. The van der Waals surface area contributed by atoms with Crippen LogP contribution in [-0.4, -0.2) is 50.2 Å². The van der Waals surface area contributed by atoms with E-state index < -0.39 is 6.04 Å². The highest BCUT2D eigenvalue weighted by atomic mass is 35.5. The van der Waals surface area contributed by atoms with E-state index in [1.807, 2.05) is 6.07 Å². The van der Waals surface area contributed by atoms with E-state index in [1.54, 1.807) is 50.6 Å². The third kappa shape index (κ3) is 4.55. The first-order valence-electron chi connectivity index (χ1n) is 8.66. The molecule has 0 saturated carbocycles. The molecule has 2 aromatic carbocycles. The van der Waals surface area contributed by atoms with Crippen molar-refractivity contribution < 1.29 is 23.8 Å². The predicted molar refractivity (Wildman–Crippen MR) is 105 cm³/mol. The quantitative estimate of drug-likeness (QED) is 0.801. The second-order valence-corrected chi connectivity index (χ2v) is 6.67. The van der Waals surface area contributed by atoms with Crippen LogP contribution < -0.4 is 14.8 Å². The zero-order valence-electron chi connectivity index (χ0n) is 15.6. The van der Waals surface area contributed by atoms with Crippen molar-refractivity contribution in [2.24, 2.45) is 0 Å². The number of nitrogens with zero attached hydrogens (tertiary/aromatic N) is 1. The fraction of sp³-hybridized carbons (Fsp3) is 0.300. The standard InChI is InChI=1S/C20H21ClN2O5/c1-26-17-8-3-13(9-18(17)27-2)10-23-16(11-28-12-19(23)24)20(25)22-15-6-4-14(21)5-7-15/h3-9,16H,10-12H2,1-2H3,(H,22,25)/t16-/m0/s1. The maximum atomic E-state index is 12.8. The highest BCUT2D eigenvalue weighted by molar-refractivity contribution is 6.30. The Morgan fingerprint density at radius 2 is 1.89 bits per heavy atom. The summed E-state index contributed by atoms with van der Waals surface area (Å²) in [4.78, 5) is 26.7. The van der Waals surface area contributed by atoms with Crippen LogP contribution in [0.1, 0.15) is 5.56 Å². The van der Waals surface area contributed by atoms with E-state index in [2.05, 4.69) is 5.32 Å². The van der Waals surface area contributed by atoms with Gasteiger partial charge in [-0.1, -0.05) is 17.7 Å². The lowest BCUT2D eigenvalue weighted by atomic mass is 10.1. The Balaban J connectivity index is 1.77. The molecule has 1 aliphatic heterocycles. The minimum atomic E-state index is -0.745. The van der Waals surface area contributed by atoms with Crippen molar-refractivity contribution >= 4 is 29.1 Å². The number of nitrogens with one attached hydrogen (secondary N) is 1. The van der Waals surface area contributed by atoms with Gasteiger partial charge in [0.25, 0.3) is 0 Å². The molecule has 0 spiro atoms. The summed E-state index contributed by atoms with van der Waals surface area (Å²) >= 11 is 5.87. The van der Waals surface area contributed by atoms with Crippen molar-refractivity contribution in [1.82, 2.24) is 4.90 Å². The summed E-state index contributed by atoms with van der Waals surface area (Å²) in [5.74, 6) is 0.576. The summed E-state index contributed by atoms with van der Waals surface area (Å²) in [5.41, 5.74) is 1.41. The maximum absolute atomic E-state index is 12.8. The minimum absolute atomic E-state index is 0.0575. The number of halogens is 1. The van der Waals surface area contributed by atoms with Crippen LogP contribution in [0.2, 0.25) is 5.02 Å². The summed E-state index contributed by atoms with van der Waals surface area (Å²) < 4.78 is 15.9. The number of rotatable bonds is 6. The van der Waals surface area contributed by atoms with E-state index in [9.17, 15) is 9.59 Å². The molecule has 2 aromatic rings. The maximum Gasteiger partial charge on any atom is 0.249 e. The second-order valence-electron chi connectivity index (χ2n) is 6.24. The zero-order chi connectivity index (χ0) is 20.1. The number of anilines is 1. The molecule has 1 fully saturated rings. The van der Waals surface area contributed by atoms with E-state index in [1.165, 1.54) is 4.90 Å². The van der Waals surface area contributed by atoms with Gasteiger partial charge in [-0.25, -0.2) is 0 Å². The molecule has 1 N–H and O–H groups in total. The molecule has 1 aliphatic rings. The van der Waals surface area contributed by atoms with Crippen LogP contribution in [0, 0.1) is 0 Å². The highest BCUT2D eigenvalue weighted by Gasteiger charge is 2.34. The molecule has 0 unspecified atom stereocenters. The summed E-state index contributed by atoms with van der Waals surface area (Å²) in [6, 6.07) is 11.4. The van der Waals surface area contributed by atoms with Gasteiger partial charge in [0.2, 0.25) is 11.8 Å². The molecule has 3 rings (SSSR count). The molecule has 1 atom stereocenters. The van der Waals surface area contributed by atoms with Gasteiger partial charge in [-0.3, -0.25) is 9.59 Å². The van der Waals surface area contributed by atoms with Crippen molar-refractivity contribution in [3.8, 4) is 11.5 Å². The molecule has 1 heterocycles. The van der Waals surface area contributed by atoms with Gasteiger partial charge < -0.3 is 24.4 Å². The van der Waals surface area contributed by atoms with Crippen molar-refractivity contribution in [3.63, 3.8) is 0 Å². The molecule has 0 aromatic heterocycles. The number of carbonyl (C=O) groups is 2. The molecule has 148 valence electrons. The Labute approximate surface area is 168 Å². The van der Waals surface area contributed by atoms with Crippen LogP contribution >= 0.6 is 11.6 Å². The number of methoxy groups -OCH3 is 2. The summed E-state index contributed by atoms with van der Waals surface area (Å²) in [6.07, 6.45) is 0. The molecule has 0 aliphatic carbocycles. The molecule has 0 radical (unpaired) electrons. The van der Waals surface area contributed by atoms with Gasteiger partial charge in [0.1, 0.15) is 12.6 Å². The number of amides is 2. The lowest BCUT2D eigenvalue weighted by Gasteiger charge is -2.34. The topological polar surface area (TPSA) is 77.1 Å². The van der Waals surface area contributed by atoms with Gasteiger partial charge in [-0.15, -0.1) is 0 Å². The van der Waals surface area contributed by atoms with Crippen LogP contribution in [0.25, 0.3) is 0 Å². The van der Waals surface area contributed by atoms with Crippen molar-refractivity contribution in [3.05, 3.63) is 53.1 Å². The normalized spacial score (nSPS) is 16.6. The monoisotopic (exact) mass is 404 g/mol. The smallest absolute Gasteiger partial charge is 0.249 e. The van der Waals surface area contributed by atoms with Crippen LogP contribution in [0.5, 0.6) is 11.5 Å². The van der Waals surface area contributed by atoms with Crippen LogP contribution in [0.15, 0.2) is 42.5 Å². The lowest BCUT2D eigenvalue weighted by Crippen LogP contribution is -2.54. The Morgan fingerprint density at radius 3 is 2.57 bits per heavy atom. The van der Waals surface area contributed by atoms with E-state index in [-0.39, 0.29) is 31.6 Å². The zero-order valence-corrected chi connectivity index (χ0v) is 16.4.